The first-order valence-electron chi connectivity index (χ1n) is 7.55. The molecule has 0 aliphatic heterocycles. The minimum Gasteiger partial charge on any atom is -0.549 e. The van der Waals surface area contributed by atoms with Crippen molar-refractivity contribution in [3.63, 3.8) is 0 Å². The van der Waals surface area contributed by atoms with Gasteiger partial charge in [-0.2, -0.15) is 0 Å². The Morgan fingerprint density at radius 1 is 0.567 bits per heavy atom. The van der Waals surface area contributed by atoms with Gasteiger partial charge in [0, 0.05) is 11.8 Å². The summed E-state index contributed by atoms with van der Waals surface area (Å²) in [6, 6.07) is 9.25. The predicted octanol–water partition coefficient (Wildman–Crippen LogP) is -15.8. The van der Waals surface area contributed by atoms with Crippen LogP contribution in [0.1, 0.15) is 11.1 Å². The van der Waals surface area contributed by atoms with Gasteiger partial charge < -0.3 is 39.6 Å². The van der Waals surface area contributed by atoms with E-state index in [1.807, 2.05) is 0 Å². The van der Waals surface area contributed by atoms with Crippen LogP contribution in [0.3, 0.4) is 0 Å². The summed E-state index contributed by atoms with van der Waals surface area (Å²) >= 11 is 0. The molecule has 0 fully saturated rings. The summed E-state index contributed by atoms with van der Waals surface area (Å²) in [6.45, 7) is 0. The van der Waals surface area contributed by atoms with Gasteiger partial charge in [-0.05, 0) is 34.7 Å². The number of carboxylic acid groups (broad SMARTS) is 4. The molecule has 0 aliphatic rings. The van der Waals surface area contributed by atoms with E-state index in [0.29, 0.717) is 21.9 Å². The topological polar surface area (TPSA) is 161 Å². The molecular formula is C18H12Na4O8. The van der Waals surface area contributed by atoms with Gasteiger partial charge in [0.2, 0.25) is 0 Å². The number of aliphatic carboxylic acids is 4. The van der Waals surface area contributed by atoms with E-state index >= 15 is 0 Å². The Morgan fingerprint density at radius 2 is 0.833 bits per heavy atom. The normalized spacial score (nSPS) is 9.53. The Labute approximate surface area is 261 Å². The van der Waals surface area contributed by atoms with Gasteiger partial charge in [-0.1, -0.05) is 36.4 Å². The number of rotatable bonds is 8. The molecule has 2 aromatic rings. The van der Waals surface area contributed by atoms with E-state index < -0.39 is 48.6 Å². The summed E-state index contributed by atoms with van der Waals surface area (Å²) in [5.41, 5.74) is 0.724. The monoisotopic (exact) mass is 448 g/mol. The van der Waals surface area contributed by atoms with Gasteiger partial charge in [0.1, 0.15) is 0 Å². The van der Waals surface area contributed by atoms with Crippen molar-refractivity contribution < 1.29 is 158 Å². The molecule has 0 heterocycles. The second kappa shape index (κ2) is 16.2. The molecule has 30 heavy (non-hydrogen) atoms. The van der Waals surface area contributed by atoms with Crippen LogP contribution in [-0.2, 0) is 32.0 Å². The molecule has 0 N–H and O–H groups in total. The quantitative estimate of drug-likeness (QED) is 0.284. The van der Waals surface area contributed by atoms with Gasteiger partial charge in [-0.25, -0.2) is 0 Å². The molecule has 0 aromatic heterocycles. The van der Waals surface area contributed by atoms with Crippen LogP contribution in [0.2, 0.25) is 0 Å². The van der Waals surface area contributed by atoms with Crippen LogP contribution in [0.5, 0.6) is 0 Å². The third-order valence-electron chi connectivity index (χ3n) is 4.09. The predicted molar refractivity (Wildman–Crippen MR) is 78.4 cm³/mol. The number of hydrogen-bond acceptors (Lipinski definition) is 8. The van der Waals surface area contributed by atoms with Gasteiger partial charge in [0.05, 0.1) is 23.9 Å². The second-order valence-electron chi connectivity index (χ2n) is 5.72. The molecule has 8 nitrogen and oxygen atoms in total. The standard InChI is InChI=1S/C18H16O8.4Na/c19-15(20)13(16(21)22)7-9-5-6-10(8-14(17(23)24)18(25)26)12-4-2-1-3-11(9)12;;;;/h1-6,13-14H,7-8H2,(H,19,20)(H,21,22)(H,23,24)(H,25,26);;;;/q;4*+1/p-4. The first kappa shape index (κ1) is 35.2. The minimum absolute atomic E-state index is 0. The van der Waals surface area contributed by atoms with E-state index in [9.17, 15) is 39.6 Å². The molecule has 0 saturated carbocycles. The number of benzene rings is 2. The number of hydrogen-bond donors (Lipinski definition) is 0. The molecule has 0 radical (unpaired) electrons. The minimum atomic E-state index is -1.86. The summed E-state index contributed by atoms with van der Waals surface area (Å²) in [6.07, 6.45) is -0.786. The van der Waals surface area contributed by atoms with Crippen molar-refractivity contribution in [3.8, 4) is 0 Å². The van der Waals surface area contributed by atoms with Gasteiger partial charge in [-0.3, -0.25) is 0 Å². The van der Waals surface area contributed by atoms with E-state index in [1.54, 1.807) is 24.3 Å². The maximum atomic E-state index is 11.0. The van der Waals surface area contributed by atoms with Crippen molar-refractivity contribution in [2.24, 2.45) is 11.8 Å². The first-order valence-corrected chi connectivity index (χ1v) is 7.55. The Balaban J connectivity index is -0.00000182. The van der Waals surface area contributed by atoms with Crippen LogP contribution in [0.15, 0.2) is 36.4 Å². The van der Waals surface area contributed by atoms with Gasteiger partial charge in [0.25, 0.3) is 0 Å². The zero-order chi connectivity index (χ0) is 19.4. The summed E-state index contributed by atoms with van der Waals surface area (Å²) in [4.78, 5) is 43.9. The fourth-order valence-corrected chi connectivity index (χ4v) is 2.75. The van der Waals surface area contributed by atoms with Crippen molar-refractivity contribution in [2.45, 2.75) is 12.8 Å². The molecule has 0 bridgehead atoms. The molecule has 0 unspecified atom stereocenters. The second-order valence-corrected chi connectivity index (χ2v) is 5.72. The summed E-state index contributed by atoms with van der Waals surface area (Å²) < 4.78 is 0. The summed E-state index contributed by atoms with van der Waals surface area (Å²) in [7, 11) is 0. The van der Waals surface area contributed by atoms with Crippen molar-refractivity contribution in [1.29, 1.82) is 0 Å². The maximum absolute atomic E-state index is 11.0. The van der Waals surface area contributed by atoms with Crippen molar-refractivity contribution >= 4 is 34.6 Å². The average molecular weight is 448 g/mol. The molecule has 0 atom stereocenters. The molecule has 2 aromatic carbocycles. The van der Waals surface area contributed by atoms with E-state index in [-0.39, 0.29) is 118 Å². The molecular weight excluding hydrogens is 436 g/mol. The van der Waals surface area contributed by atoms with Crippen molar-refractivity contribution in [3.05, 3.63) is 47.5 Å². The van der Waals surface area contributed by atoms with E-state index in [0.717, 1.165) is 0 Å². The molecule has 136 valence electrons. The molecule has 0 amide bonds. The fourth-order valence-electron chi connectivity index (χ4n) is 2.75. The molecule has 0 aliphatic carbocycles. The first-order chi connectivity index (χ1) is 12.2. The SMILES string of the molecule is O=C([O-])C(Cc1ccc(CC(C(=O)[O-])C(=O)[O-])c2ccccc12)C(=O)[O-].[Na+].[Na+].[Na+].[Na+]. The van der Waals surface area contributed by atoms with E-state index in [4.69, 9.17) is 0 Å². The number of fused-ring (bicyclic) bond motifs is 1. The number of carbonyl (C=O) groups excluding carboxylic acids is 4. The molecule has 12 heteroatoms. The smallest absolute Gasteiger partial charge is 0.549 e. The van der Waals surface area contributed by atoms with Crippen LogP contribution < -0.4 is 139 Å². The van der Waals surface area contributed by atoms with Crippen LogP contribution in [0, 0.1) is 11.8 Å². The van der Waals surface area contributed by atoms with Crippen LogP contribution in [-0.4, -0.2) is 23.9 Å². The van der Waals surface area contributed by atoms with Gasteiger partial charge >= 0.3 is 118 Å². The van der Waals surface area contributed by atoms with Crippen molar-refractivity contribution in [2.75, 3.05) is 0 Å². The Hall–Kier alpha value is 0.580. The van der Waals surface area contributed by atoms with Gasteiger partial charge in [0.15, 0.2) is 0 Å². The van der Waals surface area contributed by atoms with E-state index in [1.165, 1.54) is 12.1 Å². The summed E-state index contributed by atoms with van der Waals surface area (Å²) in [5, 5.41) is 44.8. The third-order valence-corrected chi connectivity index (χ3v) is 4.09. The number of carboxylic acids is 4. The zero-order valence-corrected chi connectivity index (χ0v) is 25.3. The molecule has 2 rings (SSSR count). The van der Waals surface area contributed by atoms with Gasteiger partial charge in [-0.15, -0.1) is 0 Å². The zero-order valence-electron chi connectivity index (χ0n) is 17.3. The Kier molecular flexibility index (Phi) is 19.0. The number of carbonyl (C=O) groups is 4. The Bertz CT molecular complexity index is 802. The van der Waals surface area contributed by atoms with Crippen LogP contribution >= 0.6 is 0 Å². The third kappa shape index (κ3) is 9.21. The van der Waals surface area contributed by atoms with Crippen LogP contribution in [0.4, 0.5) is 0 Å². The fraction of sp³-hybridized carbons (Fsp3) is 0.222. The van der Waals surface area contributed by atoms with E-state index in [2.05, 4.69) is 0 Å². The molecule has 0 spiro atoms. The average Bonchev–Trinajstić information content (AvgIpc) is 2.56. The Morgan fingerprint density at radius 3 is 1.07 bits per heavy atom. The maximum Gasteiger partial charge on any atom is 1.00 e. The largest absolute Gasteiger partial charge is 1.00 e. The van der Waals surface area contributed by atoms with Crippen LogP contribution in [0.25, 0.3) is 10.8 Å². The molecule has 0 saturated heterocycles. The summed E-state index contributed by atoms with van der Waals surface area (Å²) in [5.74, 6) is -10.9. The van der Waals surface area contributed by atoms with Crippen molar-refractivity contribution in [1.82, 2.24) is 0 Å².